The lowest BCUT2D eigenvalue weighted by Gasteiger charge is -2.26. The highest BCUT2D eigenvalue weighted by molar-refractivity contribution is 8.00. The van der Waals surface area contributed by atoms with E-state index in [1.807, 2.05) is 85.7 Å². The van der Waals surface area contributed by atoms with Crippen molar-refractivity contribution in [2.75, 3.05) is 48.0 Å². The van der Waals surface area contributed by atoms with E-state index in [1.54, 1.807) is 11.9 Å². The van der Waals surface area contributed by atoms with Crippen LogP contribution in [0.1, 0.15) is 28.4 Å². The molecule has 3 aromatic carbocycles. The number of carbonyl (C=O) groups is 1. The van der Waals surface area contributed by atoms with Crippen molar-refractivity contribution in [1.82, 2.24) is 9.88 Å². The van der Waals surface area contributed by atoms with Crippen molar-refractivity contribution < 1.29 is 9.90 Å². The first-order chi connectivity index (χ1) is 19.3. The molecule has 0 spiro atoms. The quantitative estimate of drug-likeness (QED) is 0.233. The van der Waals surface area contributed by atoms with Gasteiger partial charge in [0.2, 0.25) is 0 Å². The van der Waals surface area contributed by atoms with Crippen LogP contribution in [0.25, 0.3) is 10.9 Å². The van der Waals surface area contributed by atoms with Crippen LogP contribution in [0.4, 0.5) is 17.1 Å². The van der Waals surface area contributed by atoms with Crippen molar-refractivity contribution in [1.29, 1.82) is 0 Å². The van der Waals surface area contributed by atoms with E-state index in [-0.39, 0.29) is 5.91 Å². The number of aliphatic hydroxyl groups is 1. The number of anilines is 3. The van der Waals surface area contributed by atoms with Gasteiger partial charge in [0.25, 0.3) is 5.91 Å². The fraction of sp³-hybridized carbons (Fsp3) is 0.344. The zero-order chi connectivity index (χ0) is 28.2. The number of carbonyl (C=O) groups excluding carboxylic acids is 1. The molecule has 0 unspecified atom stereocenters. The molecule has 1 aliphatic heterocycles. The van der Waals surface area contributed by atoms with Gasteiger partial charge < -0.3 is 29.5 Å². The molecule has 7 nitrogen and oxygen atoms in total. The molecule has 1 aromatic heterocycles. The van der Waals surface area contributed by atoms with Crippen molar-refractivity contribution >= 4 is 45.8 Å². The standard InChI is InChI=1S/C32H39N5O2S/c1-5-37-21-23-15-16-40-36(4)28-18-24(19-29(37)31(23)28)32(39)34-27(17-22-9-7-6-8-10-22)30(38)20-33-25-11-13-26(14-12-25)35(2)3/h6-14,18-19,21,27,30,33,38H,5,15-17,20H2,1-4H3,(H,34,39)/t27-,30+/m0/s1. The molecule has 0 bridgehead atoms. The van der Waals surface area contributed by atoms with Crippen LogP contribution >= 0.6 is 11.9 Å². The molecule has 0 radical (unpaired) electrons. The Bertz CT molecular complexity index is 1450. The Labute approximate surface area is 241 Å². The Morgan fingerprint density at radius 2 is 1.85 bits per heavy atom. The highest BCUT2D eigenvalue weighted by atomic mass is 32.2. The van der Waals surface area contributed by atoms with Crippen molar-refractivity contribution in [2.45, 2.75) is 38.5 Å². The summed E-state index contributed by atoms with van der Waals surface area (Å²) in [7, 11) is 6.08. The fourth-order valence-corrected chi connectivity index (χ4v) is 6.20. The number of amides is 1. The molecule has 0 aliphatic carbocycles. The van der Waals surface area contributed by atoms with E-state index in [0.29, 0.717) is 18.5 Å². The number of hydrogen-bond acceptors (Lipinski definition) is 6. The Kier molecular flexibility index (Phi) is 8.57. The topological polar surface area (TPSA) is 72.8 Å². The Balaban J connectivity index is 1.39. The van der Waals surface area contributed by atoms with E-state index in [9.17, 15) is 9.90 Å². The third-order valence-corrected chi connectivity index (χ3v) is 8.59. The zero-order valence-corrected chi connectivity index (χ0v) is 24.5. The average Bonchev–Trinajstić information content (AvgIpc) is 3.24. The number of nitrogens with one attached hydrogen (secondary N) is 2. The van der Waals surface area contributed by atoms with Crippen LogP contribution in [-0.2, 0) is 19.4 Å². The number of nitrogens with zero attached hydrogens (tertiary/aromatic N) is 3. The van der Waals surface area contributed by atoms with Gasteiger partial charge in [0.05, 0.1) is 23.3 Å². The molecule has 2 atom stereocenters. The summed E-state index contributed by atoms with van der Waals surface area (Å²) in [6, 6.07) is 21.6. The molecule has 0 fully saturated rings. The second kappa shape index (κ2) is 12.3. The zero-order valence-electron chi connectivity index (χ0n) is 23.7. The van der Waals surface area contributed by atoms with E-state index in [2.05, 4.69) is 39.7 Å². The van der Waals surface area contributed by atoms with Gasteiger partial charge in [-0.1, -0.05) is 30.3 Å². The first kappa shape index (κ1) is 27.9. The Morgan fingerprint density at radius 3 is 2.55 bits per heavy atom. The summed E-state index contributed by atoms with van der Waals surface area (Å²) in [5, 5.41) is 19.1. The summed E-state index contributed by atoms with van der Waals surface area (Å²) >= 11 is 1.78. The lowest BCUT2D eigenvalue weighted by molar-refractivity contribution is 0.0851. The average molecular weight is 558 g/mol. The van der Waals surface area contributed by atoms with Crippen molar-refractivity contribution in [3.63, 3.8) is 0 Å². The summed E-state index contributed by atoms with van der Waals surface area (Å²) < 4.78 is 4.41. The minimum absolute atomic E-state index is 0.179. The molecule has 2 heterocycles. The highest BCUT2D eigenvalue weighted by Crippen LogP contribution is 2.38. The van der Waals surface area contributed by atoms with Gasteiger partial charge in [-0.2, -0.15) is 0 Å². The maximum Gasteiger partial charge on any atom is 0.251 e. The van der Waals surface area contributed by atoms with Crippen LogP contribution in [-0.4, -0.2) is 61.2 Å². The van der Waals surface area contributed by atoms with Crippen LogP contribution in [0.15, 0.2) is 72.9 Å². The lowest BCUT2D eigenvalue weighted by atomic mass is 9.99. The summed E-state index contributed by atoms with van der Waals surface area (Å²) in [5.41, 5.74) is 7.17. The number of rotatable bonds is 10. The number of aryl methyl sites for hydroxylation is 2. The Morgan fingerprint density at radius 1 is 1.10 bits per heavy atom. The third kappa shape index (κ3) is 6.08. The van der Waals surface area contributed by atoms with E-state index >= 15 is 0 Å². The molecule has 40 heavy (non-hydrogen) atoms. The van der Waals surface area contributed by atoms with Crippen molar-refractivity contribution in [3.8, 4) is 0 Å². The van der Waals surface area contributed by atoms with Gasteiger partial charge in [-0.3, -0.25) is 4.79 Å². The summed E-state index contributed by atoms with van der Waals surface area (Å²) in [4.78, 5) is 15.8. The second-order valence-corrected chi connectivity index (χ2v) is 11.8. The van der Waals surface area contributed by atoms with E-state index in [1.165, 1.54) is 10.9 Å². The molecule has 0 saturated carbocycles. The Hall–Kier alpha value is -3.62. The number of aromatic nitrogens is 1. The van der Waals surface area contributed by atoms with Gasteiger partial charge in [-0.05, 0) is 79.2 Å². The van der Waals surface area contributed by atoms with Gasteiger partial charge in [0.1, 0.15) is 0 Å². The molecule has 3 N–H and O–H groups in total. The van der Waals surface area contributed by atoms with Crippen molar-refractivity contribution in [3.05, 3.63) is 89.6 Å². The molecule has 4 aromatic rings. The van der Waals surface area contributed by atoms with Crippen LogP contribution in [0.3, 0.4) is 0 Å². The van der Waals surface area contributed by atoms with E-state index < -0.39 is 12.1 Å². The maximum atomic E-state index is 13.8. The number of aliphatic hydroxyl groups excluding tert-OH is 1. The minimum atomic E-state index is -0.799. The summed E-state index contributed by atoms with van der Waals surface area (Å²) in [5.74, 6) is 0.827. The van der Waals surface area contributed by atoms with Crippen LogP contribution in [0.5, 0.6) is 0 Å². The van der Waals surface area contributed by atoms with E-state index in [4.69, 9.17) is 0 Å². The SMILES string of the molecule is CCn1cc2c3c(cc(C(=O)N[C@@H](Cc4ccccc4)[C@H](O)CNc4ccc(N(C)C)cc4)cc31)N(C)SCC2. The lowest BCUT2D eigenvalue weighted by Crippen LogP contribution is -2.47. The monoisotopic (exact) mass is 557 g/mol. The molecular weight excluding hydrogens is 518 g/mol. The van der Waals surface area contributed by atoms with Crippen LogP contribution in [0.2, 0.25) is 0 Å². The highest BCUT2D eigenvalue weighted by Gasteiger charge is 2.25. The normalized spacial score (nSPS) is 14.5. The first-order valence-corrected chi connectivity index (χ1v) is 14.8. The van der Waals surface area contributed by atoms with Gasteiger partial charge in [0, 0.05) is 68.5 Å². The third-order valence-electron chi connectivity index (χ3n) is 7.62. The summed E-state index contributed by atoms with van der Waals surface area (Å²) in [6.45, 7) is 3.28. The predicted molar refractivity (Wildman–Crippen MR) is 169 cm³/mol. The van der Waals surface area contributed by atoms with Crippen molar-refractivity contribution in [2.24, 2.45) is 0 Å². The number of benzene rings is 3. The van der Waals surface area contributed by atoms with Gasteiger partial charge in [-0.25, -0.2) is 0 Å². The summed E-state index contributed by atoms with van der Waals surface area (Å²) in [6.07, 6.45) is 2.96. The molecule has 0 saturated heterocycles. The van der Waals surface area contributed by atoms with Gasteiger partial charge >= 0.3 is 0 Å². The smallest absolute Gasteiger partial charge is 0.251 e. The van der Waals surface area contributed by atoms with Gasteiger partial charge in [0.15, 0.2) is 0 Å². The molecule has 5 rings (SSSR count). The first-order valence-electron chi connectivity index (χ1n) is 13.9. The fourth-order valence-electron chi connectivity index (χ4n) is 5.33. The minimum Gasteiger partial charge on any atom is -0.389 e. The molecule has 210 valence electrons. The van der Waals surface area contributed by atoms with Crippen LogP contribution < -0.4 is 19.8 Å². The largest absolute Gasteiger partial charge is 0.389 e. The second-order valence-electron chi connectivity index (χ2n) is 10.6. The number of hydrogen-bond donors (Lipinski definition) is 3. The van der Waals surface area contributed by atoms with Gasteiger partial charge in [-0.15, -0.1) is 0 Å². The maximum absolute atomic E-state index is 13.8. The van der Waals surface area contributed by atoms with E-state index in [0.717, 1.165) is 46.9 Å². The molecular formula is C32H39N5O2S. The molecule has 1 amide bonds. The van der Waals surface area contributed by atoms with Crippen LogP contribution in [0, 0.1) is 0 Å². The molecule has 8 heteroatoms. The predicted octanol–water partition coefficient (Wildman–Crippen LogP) is 5.18. The molecule has 1 aliphatic rings.